The van der Waals surface area contributed by atoms with Crippen LogP contribution in [0.2, 0.25) is 0 Å². The molecule has 1 rings (SSSR count). The van der Waals surface area contributed by atoms with E-state index in [1.54, 1.807) is 6.92 Å². The zero-order valence-corrected chi connectivity index (χ0v) is 10.6. The van der Waals surface area contributed by atoms with E-state index in [4.69, 9.17) is 14.9 Å². The van der Waals surface area contributed by atoms with Gasteiger partial charge in [0.05, 0.1) is 13.2 Å². The van der Waals surface area contributed by atoms with Crippen LogP contribution in [0.15, 0.2) is 30.3 Å². The molecule has 3 N–H and O–H groups in total. The molecule has 104 valence electrons. The molecule has 1 aromatic rings. The fourth-order valence-electron chi connectivity index (χ4n) is 1.30. The molecule has 0 aliphatic carbocycles. The van der Waals surface area contributed by atoms with Gasteiger partial charge in [0.15, 0.2) is 6.10 Å². The fourth-order valence-corrected chi connectivity index (χ4v) is 1.30. The molecule has 6 heteroatoms. The molecule has 0 saturated heterocycles. The van der Waals surface area contributed by atoms with Crippen LogP contribution in [0, 0.1) is 0 Å². The Hall–Kier alpha value is -1.92. The van der Waals surface area contributed by atoms with Crippen LogP contribution in [0.3, 0.4) is 0 Å². The number of carbonyl (C=O) groups is 2. The SMILES string of the molecule is CC(OCc1ccccc1)C(=O)NC[C@H](O)C(=O)O. The van der Waals surface area contributed by atoms with Crippen LogP contribution < -0.4 is 5.32 Å². The van der Waals surface area contributed by atoms with Crippen molar-refractivity contribution in [1.82, 2.24) is 5.32 Å². The number of aliphatic carboxylic acids is 1. The Kier molecular flexibility index (Phi) is 5.98. The van der Waals surface area contributed by atoms with Gasteiger partial charge in [0.25, 0.3) is 0 Å². The predicted octanol–water partition coefficient (Wildman–Crippen LogP) is 0.153. The first-order valence-electron chi connectivity index (χ1n) is 5.85. The van der Waals surface area contributed by atoms with Crippen LogP contribution in [0.1, 0.15) is 12.5 Å². The number of aliphatic hydroxyl groups is 1. The molecule has 2 atom stereocenters. The molecule has 0 spiro atoms. The minimum absolute atomic E-state index is 0.289. The lowest BCUT2D eigenvalue weighted by molar-refractivity contribution is -0.146. The molecule has 1 aromatic carbocycles. The van der Waals surface area contributed by atoms with Crippen molar-refractivity contribution in [3.05, 3.63) is 35.9 Å². The van der Waals surface area contributed by atoms with Crippen molar-refractivity contribution in [2.45, 2.75) is 25.7 Å². The zero-order valence-electron chi connectivity index (χ0n) is 10.6. The van der Waals surface area contributed by atoms with Crippen molar-refractivity contribution in [2.75, 3.05) is 6.54 Å². The molecule has 0 aliphatic rings. The lowest BCUT2D eigenvalue weighted by Gasteiger charge is -2.14. The van der Waals surface area contributed by atoms with Crippen LogP contribution in [0.5, 0.6) is 0 Å². The third kappa shape index (κ3) is 5.50. The largest absolute Gasteiger partial charge is 0.479 e. The van der Waals surface area contributed by atoms with Crippen LogP contribution in [-0.4, -0.2) is 40.8 Å². The van der Waals surface area contributed by atoms with Crippen LogP contribution >= 0.6 is 0 Å². The van der Waals surface area contributed by atoms with Gasteiger partial charge in [-0.2, -0.15) is 0 Å². The van der Waals surface area contributed by atoms with Crippen molar-refractivity contribution in [1.29, 1.82) is 0 Å². The van der Waals surface area contributed by atoms with Gasteiger partial charge in [0.1, 0.15) is 6.10 Å². The molecule has 0 aromatic heterocycles. The number of hydrogen-bond donors (Lipinski definition) is 3. The van der Waals surface area contributed by atoms with Gasteiger partial charge < -0.3 is 20.3 Å². The molecular formula is C13H17NO5. The number of hydrogen-bond acceptors (Lipinski definition) is 4. The normalized spacial score (nSPS) is 13.6. The number of benzene rings is 1. The smallest absolute Gasteiger partial charge is 0.334 e. The third-order valence-corrected chi connectivity index (χ3v) is 2.47. The summed E-state index contributed by atoms with van der Waals surface area (Å²) in [4.78, 5) is 21.9. The second kappa shape index (κ2) is 7.50. The number of carbonyl (C=O) groups excluding carboxylic acids is 1. The highest BCUT2D eigenvalue weighted by Gasteiger charge is 2.17. The molecule has 6 nitrogen and oxygen atoms in total. The molecule has 0 radical (unpaired) electrons. The lowest BCUT2D eigenvalue weighted by Crippen LogP contribution is -2.41. The number of amides is 1. The Morgan fingerprint density at radius 3 is 2.53 bits per heavy atom. The maximum atomic E-state index is 11.6. The quantitative estimate of drug-likeness (QED) is 0.653. The van der Waals surface area contributed by atoms with E-state index >= 15 is 0 Å². The van der Waals surface area contributed by atoms with Crippen molar-refractivity contribution < 1.29 is 24.5 Å². The van der Waals surface area contributed by atoms with Gasteiger partial charge in [-0.25, -0.2) is 4.79 Å². The van der Waals surface area contributed by atoms with Crippen molar-refractivity contribution >= 4 is 11.9 Å². The predicted molar refractivity (Wildman–Crippen MR) is 67.3 cm³/mol. The van der Waals surface area contributed by atoms with Crippen LogP contribution in [0.4, 0.5) is 0 Å². The molecule has 0 bridgehead atoms. The van der Waals surface area contributed by atoms with E-state index in [2.05, 4.69) is 5.32 Å². The molecule has 0 saturated carbocycles. The Balaban J connectivity index is 2.31. The summed E-state index contributed by atoms with van der Waals surface area (Å²) >= 11 is 0. The second-order valence-corrected chi connectivity index (χ2v) is 4.04. The summed E-state index contributed by atoms with van der Waals surface area (Å²) < 4.78 is 5.34. The molecule has 0 aliphatic heterocycles. The number of ether oxygens (including phenoxy) is 1. The molecule has 19 heavy (non-hydrogen) atoms. The Labute approximate surface area is 111 Å². The molecule has 0 heterocycles. The third-order valence-electron chi connectivity index (χ3n) is 2.47. The summed E-state index contributed by atoms with van der Waals surface area (Å²) in [5.41, 5.74) is 0.938. The number of carboxylic acid groups (broad SMARTS) is 1. The Morgan fingerprint density at radius 2 is 1.95 bits per heavy atom. The lowest BCUT2D eigenvalue weighted by atomic mass is 10.2. The van der Waals surface area contributed by atoms with Gasteiger partial charge in [-0.05, 0) is 12.5 Å². The minimum Gasteiger partial charge on any atom is -0.479 e. The van der Waals surface area contributed by atoms with Crippen molar-refractivity contribution in [3.8, 4) is 0 Å². The fraction of sp³-hybridized carbons (Fsp3) is 0.385. The first-order chi connectivity index (χ1) is 9.00. The van der Waals surface area contributed by atoms with Crippen molar-refractivity contribution in [2.24, 2.45) is 0 Å². The summed E-state index contributed by atoms with van der Waals surface area (Å²) in [5, 5.41) is 19.8. The van der Waals surface area contributed by atoms with Crippen LogP contribution in [0.25, 0.3) is 0 Å². The summed E-state index contributed by atoms with van der Waals surface area (Å²) in [5.74, 6) is -1.84. The second-order valence-electron chi connectivity index (χ2n) is 4.04. The van der Waals surface area contributed by atoms with Gasteiger partial charge in [0.2, 0.25) is 5.91 Å². The summed E-state index contributed by atoms with van der Waals surface area (Å²) in [7, 11) is 0. The average molecular weight is 267 g/mol. The van der Waals surface area contributed by atoms with E-state index < -0.39 is 24.1 Å². The van der Waals surface area contributed by atoms with E-state index in [0.29, 0.717) is 0 Å². The van der Waals surface area contributed by atoms with Crippen molar-refractivity contribution in [3.63, 3.8) is 0 Å². The topological polar surface area (TPSA) is 95.9 Å². The van der Waals surface area contributed by atoms with Gasteiger partial charge in [-0.15, -0.1) is 0 Å². The maximum absolute atomic E-state index is 11.6. The standard InChI is InChI=1S/C13H17NO5/c1-9(12(16)14-7-11(15)13(17)18)19-8-10-5-3-2-4-6-10/h2-6,9,11,15H,7-8H2,1H3,(H,14,16)(H,17,18)/t9?,11-/m0/s1. The minimum atomic E-state index is -1.61. The summed E-state index contributed by atoms with van der Waals surface area (Å²) in [6.07, 6.45) is -2.33. The summed E-state index contributed by atoms with van der Waals surface area (Å²) in [6.45, 7) is 1.51. The highest BCUT2D eigenvalue weighted by Crippen LogP contribution is 2.03. The monoisotopic (exact) mass is 267 g/mol. The average Bonchev–Trinajstić information content (AvgIpc) is 2.42. The maximum Gasteiger partial charge on any atom is 0.334 e. The van der Waals surface area contributed by atoms with Gasteiger partial charge in [0, 0.05) is 0 Å². The van der Waals surface area contributed by atoms with E-state index in [1.165, 1.54) is 0 Å². The van der Waals surface area contributed by atoms with Crippen LogP contribution in [-0.2, 0) is 20.9 Å². The number of aliphatic hydroxyl groups excluding tert-OH is 1. The Morgan fingerprint density at radius 1 is 1.32 bits per heavy atom. The van der Waals surface area contributed by atoms with Gasteiger partial charge in [-0.3, -0.25) is 4.79 Å². The molecule has 0 fully saturated rings. The van der Waals surface area contributed by atoms with E-state index in [-0.39, 0.29) is 13.2 Å². The first-order valence-corrected chi connectivity index (χ1v) is 5.85. The van der Waals surface area contributed by atoms with E-state index in [0.717, 1.165) is 5.56 Å². The number of nitrogens with one attached hydrogen (secondary N) is 1. The van der Waals surface area contributed by atoms with E-state index in [1.807, 2.05) is 30.3 Å². The molecule has 1 amide bonds. The first kappa shape index (κ1) is 15.1. The molecule has 1 unspecified atom stereocenters. The highest BCUT2D eigenvalue weighted by atomic mass is 16.5. The number of rotatable bonds is 7. The zero-order chi connectivity index (χ0) is 14.3. The summed E-state index contributed by atoms with van der Waals surface area (Å²) in [6, 6.07) is 9.36. The van der Waals surface area contributed by atoms with Gasteiger partial charge in [-0.1, -0.05) is 30.3 Å². The highest BCUT2D eigenvalue weighted by molar-refractivity contribution is 5.81. The van der Waals surface area contributed by atoms with Gasteiger partial charge >= 0.3 is 5.97 Å². The number of carboxylic acids is 1. The Bertz CT molecular complexity index is 420. The molecular weight excluding hydrogens is 250 g/mol. The van der Waals surface area contributed by atoms with E-state index in [9.17, 15) is 9.59 Å².